The lowest BCUT2D eigenvalue weighted by Crippen LogP contribution is -2.65. The van der Waals surface area contributed by atoms with Crippen molar-refractivity contribution in [1.29, 1.82) is 0 Å². The van der Waals surface area contributed by atoms with Crippen LogP contribution < -0.4 is 0 Å². The van der Waals surface area contributed by atoms with Gasteiger partial charge in [0.05, 0.1) is 19.1 Å². The third-order valence-corrected chi connectivity index (χ3v) is 4.76. The molecule has 4 rings (SSSR count). The molecule has 110 valence electrons. The molecule has 4 atom stereocenters. The van der Waals surface area contributed by atoms with E-state index in [4.69, 9.17) is 18.9 Å². The lowest BCUT2D eigenvalue weighted by molar-refractivity contribution is -0.251. The molecular weight excluding hydrogens is 264 g/mol. The molecule has 1 heterocycles. The summed E-state index contributed by atoms with van der Waals surface area (Å²) < 4.78 is 21.3. The topological polar surface area (TPSA) is 71.1 Å². The molecule has 0 spiro atoms. The highest BCUT2D eigenvalue weighted by molar-refractivity contribution is 6.03. The van der Waals surface area contributed by atoms with Crippen LogP contribution in [-0.4, -0.2) is 51.6 Å². The van der Waals surface area contributed by atoms with Gasteiger partial charge in [-0.05, 0) is 6.42 Å². The number of Topliss-reactive ketones (excluding diaryl/α,β-unsaturated/α-hetero) is 1. The average Bonchev–Trinajstić information content (AvgIpc) is 2.97. The van der Waals surface area contributed by atoms with E-state index in [9.17, 15) is 9.59 Å². The van der Waals surface area contributed by atoms with Gasteiger partial charge in [-0.1, -0.05) is 6.08 Å². The quantitative estimate of drug-likeness (QED) is 0.548. The number of hydrogen-bond acceptors (Lipinski definition) is 6. The number of hydrogen-bond donors (Lipinski definition) is 0. The predicted octanol–water partition coefficient (Wildman–Crippen LogP) is 0.309. The van der Waals surface area contributed by atoms with E-state index in [0.29, 0.717) is 12.2 Å². The van der Waals surface area contributed by atoms with Crippen molar-refractivity contribution in [3.8, 4) is 0 Å². The second-order valence-electron chi connectivity index (χ2n) is 5.34. The van der Waals surface area contributed by atoms with Crippen LogP contribution in [0.2, 0.25) is 0 Å². The van der Waals surface area contributed by atoms with Gasteiger partial charge in [-0.3, -0.25) is 4.79 Å². The summed E-state index contributed by atoms with van der Waals surface area (Å²) in [7, 11) is 4.22. The molecule has 0 radical (unpaired) electrons. The minimum Gasteiger partial charge on any atom is -0.466 e. The minimum absolute atomic E-state index is 0.131. The zero-order valence-electron chi connectivity index (χ0n) is 11.8. The summed E-state index contributed by atoms with van der Waals surface area (Å²) in [4.78, 5) is 24.7. The lowest BCUT2D eigenvalue weighted by atomic mass is 9.59. The van der Waals surface area contributed by atoms with Gasteiger partial charge in [0.15, 0.2) is 0 Å². The molecule has 0 aromatic rings. The second-order valence-corrected chi connectivity index (χ2v) is 5.34. The smallest absolute Gasteiger partial charge is 0.334 e. The number of ether oxygens (including phenoxy) is 4. The molecular formula is C14H18O6. The molecule has 0 amide bonds. The standard InChI is InChI=1S/C14H18O6/c1-17-13(16)8-6-9-7-4-5-20-11(7)10(8)12(15)14(9,18-2)19-3/h6-7,9-11H,4-5H2,1-3H3/t7-,9+,10-,11-/m0/s1. The maximum absolute atomic E-state index is 12.8. The number of fused-ring (bicyclic) bond motifs is 1. The first kappa shape index (κ1) is 13.7. The molecule has 4 aliphatic rings. The SMILES string of the molecule is COC(=O)C1=C[C@@H]2[C@@H]3CCO[C@@H]3[C@H]1C(=O)C2(OC)OC. The summed E-state index contributed by atoms with van der Waals surface area (Å²) in [6, 6.07) is 0. The number of rotatable bonds is 3. The van der Waals surface area contributed by atoms with Crippen LogP contribution in [0.5, 0.6) is 0 Å². The van der Waals surface area contributed by atoms with Gasteiger partial charge >= 0.3 is 5.97 Å². The summed E-state index contributed by atoms with van der Waals surface area (Å²) in [6.07, 6.45) is 2.34. The van der Waals surface area contributed by atoms with Crippen LogP contribution >= 0.6 is 0 Å². The monoisotopic (exact) mass is 282 g/mol. The highest BCUT2D eigenvalue weighted by Crippen LogP contribution is 2.53. The Hall–Kier alpha value is -1.24. The molecule has 3 aliphatic carbocycles. The van der Waals surface area contributed by atoms with Crippen molar-refractivity contribution in [2.24, 2.45) is 17.8 Å². The Kier molecular flexibility index (Phi) is 3.19. The van der Waals surface area contributed by atoms with Crippen molar-refractivity contribution in [3.63, 3.8) is 0 Å². The highest BCUT2D eigenvalue weighted by atomic mass is 16.7. The number of ketones is 1. The van der Waals surface area contributed by atoms with Crippen LogP contribution in [-0.2, 0) is 28.5 Å². The number of carbonyl (C=O) groups is 2. The highest BCUT2D eigenvalue weighted by Gasteiger charge is 2.66. The van der Waals surface area contributed by atoms with Crippen LogP contribution in [0.4, 0.5) is 0 Å². The van der Waals surface area contributed by atoms with Crippen molar-refractivity contribution in [2.45, 2.75) is 18.3 Å². The van der Waals surface area contributed by atoms with Crippen molar-refractivity contribution < 1.29 is 28.5 Å². The minimum atomic E-state index is -1.31. The van der Waals surface area contributed by atoms with E-state index in [1.54, 1.807) is 6.08 Å². The van der Waals surface area contributed by atoms with Crippen LogP contribution in [0.3, 0.4) is 0 Å². The predicted molar refractivity (Wildman–Crippen MR) is 66.7 cm³/mol. The molecule has 6 heteroatoms. The van der Waals surface area contributed by atoms with Crippen LogP contribution in [0, 0.1) is 17.8 Å². The molecule has 20 heavy (non-hydrogen) atoms. The maximum atomic E-state index is 12.8. The number of carbonyl (C=O) groups excluding carboxylic acids is 2. The van der Waals surface area contributed by atoms with E-state index < -0.39 is 17.7 Å². The van der Waals surface area contributed by atoms with Crippen LogP contribution in [0.15, 0.2) is 11.6 Å². The third kappa shape index (κ3) is 1.50. The van der Waals surface area contributed by atoms with Gasteiger partial charge in [-0.2, -0.15) is 0 Å². The second kappa shape index (κ2) is 4.65. The summed E-state index contributed by atoms with van der Waals surface area (Å²) in [5.41, 5.74) is 0.371. The molecule has 0 unspecified atom stereocenters. The molecule has 0 aromatic heterocycles. The van der Waals surface area contributed by atoms with E-state index in [0.717, 1.165) is 6.42 Å². The molecule has 1 saturated heterocycles. The Bertz CT molecular complexity index is 478. The first-order valence-electron chi connectivity index (χ1n) is 6.67. The first-order valence-corrected chi connectivity index (χ1v) is 6.67. The molecule has 0 aromatic carbocycles. The van der Waals surface area contributed by atoms with Crippen LogP contribution in [0.25, 0.3) is 0 Å². The fourth-order valence-electron chi connectivity index (χ4n) is 3.89. The molecule has 2 bridgehead atoms. The van der Waals surface area contributed by atoms with Gasteiger partial charge in [-0.25, -0.2) is 4.79 Å². The molecule has 0 N–H and O–H groups in total. The largest absolute Gasteiger partial charge is 0.466 e. The molecule has 2 fully saturated rings. The zero-order valence-corrected chi connectivity index (χ0v) is 11.8. The van der Waals surface area contributed by atoms with Gasteiger partial charge in [-0.15, -0.1) is 0 Å². The Morgan fingerprint density at radius 3 is 2.65 bits per heavy atom. The molecule has 1 aliphatic heterocycles. The lowest BCUT2D eigenvalue weighted by Gasteiger charge is -2.51. The maximum Gasteiger partial charge on any atom is 0.334 e. The van der Waals surface area contributed by atoms with Gasteiger partial charge in [0.2, 0.25) is 11.6 Å². The van der Waals surface area contributed by atoms with Gasteiger partial charge in [0.25, 0.3) is 0 Å². The Balaban J connectivity index is 2.12. The van der Waals surface area contributed by atoms with E-state index in [2.05, 4.69) is 0 Å². The van der Waals surface area contributed by atoms with Crippen molar-refractivity contribution in [2.75, 3.05) is 27.9 Å². The molecule has 1 saturated carbocycles. The van der Waals surface area contributed by atoms with E-state index >= 15 is 0 Å². The summed E-state index contributed by atoms with van der Waals surface area (Å²) >= 11 is 0. The average molecular weight is 282 g/mol. The van der Waals surface area contributed by atoms with E-state index in [1.165, 1.54) is 21.3 Å². The zero-order chi connectivity index (χ0) is 14.5. The van der Waals surface area contributed by atoms with Crippen LogP contribution in [0.1, 0.15) is 6.42 Å². The van der Waals surface area contributed by atoms with Crippen molar-refractivity contribution in [1.82, 2.24) is 0 Å². The van der Waals surface area contributed by atoms with Gasteiger partial charge < -0.3 is 18.9 Å². The normalized spacial score (nSPS) is 37.5. The number of methoxy groups -OCH3 is 3. The first-order chi connectivity index (χ1) is 9.60. The summed E-state index contributed by atoms with van der Waals surface area (Å²) in [5, 5.41) is 0. The van der Waals surface area contributed by atoms with Crippen molar-refractivity contribution in [3.05, 3.63) is 11.6 Å². The van der Waals surface area contributed by atoms with E-state index in [-0.39, 0.29) is 23.7 Å². The summed E-state index contributed by atoms with van der Waals surface area (Å²) in [6.45, 7) is 0.585. The fourth-order valence-corrected chi connectivity index (χ4v) is 3.89. The Morgan fingerprint density at radius 2 is 2.05 bits per heavy atom. The van der Waals surface area contributed by atoms with Crippen molar-refractivity contribution >= 4 is 11.8 Å². The Labute approximate surface area is 117 Å². The number of esters is 1. The molecule has 6 nitrogen and oxygen atoms in total. The summed E-state index contributed by atoms with van der Waals surface area (Å²) in [5.74, 6) is -2.90. The van der Waals surface area contributed by atoms with Gasteiger partial charge in [0, 0.05) is 38.2 Å². The third-order valence-electron chi connectivity index (χ3n) is 4.76. The fraction of sp³-hybridized carbons (Fsp3) is 0.714. The Morgan fingerprint density at radius 1 is 1.35 bits per heavy atom. The van der Waals surface area contributed by atoms with Gasteiger partial charge in [0.1, 0.15) is 0 Å². The van der Waals surface area contributed by atoms with E-state index in [1.807, 2.05) is 0 Å².